The van der Waals surface area contributed by atoms with E-state index in [0.29, 0.717) is 12.5 Å². The maximum Gasteiger partial charge on any atom is 0.220 e. The van der Waals surface area contributed by atoms with Gasteiger partial charge in [-0.2, -0.15) is 0 Å². The molecule has 0 aromatic carbocycles. The summed E-state index contributed by atoms with van der Waals surface area (Å²) < 4.78 is 0. The third-order valence-corrected chi connectivity index (χ3v) is 7.92. The molecule has 0 rings (SSSR count). The molecule has 0 spiro atoms. The second-order valence-electron chi connectivity index (χ2n) is 12.5. The molecule has 0 saturated carbocycles. The van der Waals surface area contributed by atoms with Crippen molar-refractivity contribution in [2.24, 2.45) is 0 Å². The van der Waals surface area contributed by atoms with Gasteiger partial charge in [0, 0.05) is 12.5 Å². The molecule has 0 heterocycles. The van der Waals surface area contributed by atoms with Gasteiger partial charge in [0.15, 0.2) is 0 Å². The second kappa shape index (κ2) is 33.2. The molecule has 0 aromatic rings. The summed E-state index contributed by atoms with van der Waals surface area (Å²) in [5.41, 5.74) is 0. The highest BCUT2D eigenvalue weighted by Gasteiger charge is 2.12. The molecule has 1 N–H and O–H groups in total. The van der Waals surface area contributed by atoms with Crippen molar-refractivity contribution in [1.82, 2.24) is 10.2 Å². The smallest absolute Gasteiger partial charge is 0.220 e. The monoisotopic (exact) mass is 573 g/mol. The number of amides is 1. The summed E-state index contributed by atoms with van der Waals surface area (Å²) >= 11 is 0. The topological polar surface area (TPSA) is 32.3 Å². The van der Waals surface area contributed by atoms with Gasteiger partial charge in [0.25, 0.3) is 0 Å². The average Bonchev–Trinajstić information content (AvgIpc) is 2.95. The lowest BCUT2D eigenvalue weighted by Gasteiger charge is -2.19. The van der Waals surface area contributed by atoms with E-state index in [0.717, 1.165) is 32.2 Å². The number of allylic oxidation sites excluding steroid dienone is 6. The van der Waals surface area contributed by atoms with E-state index in [9.17, 15) is 4.79 Å². The highest BCUT2D eigenvalue weighted by Crippen LogP contribution is 2.16. The van der Waals surface area contributed by atoms with Crippen LogP contribution in [0.5, 0.6) is 0 Å². The first kappa shape index (κ1) is 39.6. The molecule has 0 aromatic heterocycles. The summed E-state index contributed by atoms with van der Waals surface area (Å²) in [4.78, 5) is 14.7. The maximum absolute atomic E-state index is 12.6. The first-order chi connectivity index (χ1) is 20.1. The molecule has 0 saturated heterocycles. The van der Waals surface area contributed by atoms with Gasteiger partial charge in [-0.05, 0) is 91.3 Å². The van der Waals surface area contributed by atoms with Gasteiger partial charge in [0.1, 0.15) is 0 Å². The molecule has 0 aliphatic carbocycles. The van der Waals surface area contributed by atoms with Gasteiger partial charge < -0.3 is 10.2 Å². The number of rotatable bonds is 31. The van der Waals surface area contributed by atoms with Crippen molar-refractivity contribution >= 4 is 5.91 Å². The van der Waals surface area contributed by atoms with Gasteiger partial charge in [-0.25, -0.2) is 0 Å². The zero-order valence-corrected chi connectivity index (χ0v) is 28.3. The summed E-state index contributed by atoms with van der Waals surface area (Å²) in [7, 11) is 4.16. The molecular formula is C38H72N2O. The first-order valence-electron chi connectivity index (χ1n) is 18.0. The van der Waals surface area contributed by atoms with Crippen molar-refractivity contribution in [3.63, 3.8) is 0 Å². The van der Waals surface area contributed by atoms with Crippen molar-refractivity contribution in [3.8, 4) is 0 Å². The molecule has 41 heavy (non-hydrogen) atoms. The third-order valence-electron chi connectivity index (χ3n) is 7.92. The number of carbonyl (C=O) groups excluding carboxylic acids is 1. The molecule has 3 heteroatoms. The molecule has 1 unspecified atom stereocenters. The van der Waals surface area contributed by atoms with E-state index < -0.39 is 0 Å². The minimum Gasteiger partial charge on any atom is -0.353 e. The normalized spacial score (nSPS) is 12.9. The van der Waals surface area contributed by atoms with Crippen LogP contribution in [-0.4, -0.2) is 37.5 Å². The van der Waals surface area contributed by atoms with Gasteiger partial charge in [0.2, 0.25) is 5.91 Å². The molecule has 0 aliphatic heterocycles. The molecule has 0 radical (unpaired) electrons. The summed E-state index contributed by atoms with van der Waals surface area (Å²) in [6, 6.07) is 0.372. The molecule has 240 valence electrons. The van der Waals surface area contributed by atoms with Gasteiger partial charge in [-0.1, -0.05) is 134 Å². The van der Waals surface area contributed by atoms with Crippen LogP contribution < -0.4 is 5.32 Å². The van der Waals surface area contributed by atoms with Gasteiger partial charge in [-0.3, -0.25) is 4.79 Å². The zero-order valence-electron chi connectivity index (χ0n) is 28.3. The Kier molecular flexibility index (Phi) is 32.1. The Balaban J connectivity index is 4.00. The van der Waals surface area contributed by atoms with Crippen molar-refractivity contribution < 1.29 is 4.79 Å². The Morgan fingerprint density at radius 2 is 1.02 bits per heavy atom. The molecule has 1 atom stereocenters. The predicted octanol–water partition coefficient (Wildman–Crippen LogP) is 11.5. The van der Waals surface area contributed by atoms with Crippen molar-refractivity contribution in [2.45, 2.75) is 180 Å². The standard InChI is InChI=1S/C38H72N2O/c1-5-7-9-11-13-15-17-18-19-20-21-23-25-27-29-31-34-37(39-38(41)35-32-36-40(3)4)33-30-28-26-24-22-16-14-12-10-8-6-2/h10,12-13,15,18-19,37H,5-9,11,14,16-17,20-36H2,1-4H3,(H,39,41)/b12-10-,15-13-,19-18-. The van der Waals surface area contributed by atoms with Crippen LogP contribution in [-0.2, 0) is 4.79 Å². The quantitative estimate of drug-likeness (QED) is 0.0662. The second-order valence-corrected chi connectivity index (χ2v) is 12.5. The van der Waals surface area contributed by atoms with Gasteiger partial charge >= 0.3 is 0 Å². The Morgan fingerprint density at radius 3 is 1.54 bits per heavy atom. The van der Waals surface area contributed by atoms with Gasteiger partial charge in [-0.15, -0.1) is 0 Å². The Bertz CT molecular complexity index is 622. The van der Waals surface area contributed by atoms with E-state index in [4.69, 9.17) is 0 Å². The fraction of sp³-hybridized carbons (Fsp3) is 0.816. The van der Waals surface area contributed by atoms with Crippen molar-refractivity contribution in [2.75, 3.05) is 20.6 Å². The molecule has 3 nitrogen and oxygen atoms in total. The van der Waals surface area contributed by atoms with Gasteiger partial charge in [0.05, 0.1) is 0 Å². The molecule has 0 bridgehead atoms. The highest BCUT2D eigenvalue weighted by molar-refractivity contribution is 5.76. The number of nitrogens with zero attached hydrogens (tertiary/aromatic N) is 1. The van der Waals surface area contributed by atoms with E-state index in [1.165, 1.54) is 128 Å². The minimum absolute atomic E-state index is 0.257. The van der Waals surface area contributed by atoms with Crippen molar-refractivity contribution in [1.29, 1.82) is 0 Å². The fourth-order valence-electron chi connectivity index (χ4n) is 5.29. The summed E-state index contributed by atoms with van der Waals surface area (Å²) in [5, 5.41) is 3.40. The third kappa shape index (κ3) is 33.0. The zero-order chi connectivity index (χ0) is 30.1. The SMILES string of the molecule is CCC/C=C\CCCCCCCCC(CCCCCCCC/C=C\C/C=C\CCCCC)NC(=O)CCCN(C)C. The number of hydrogen-bond acceptors (Lipinski definition) is 2. The lowest BCUT2D eigenvalue weighted by molar-refractivity contribution is -0.122. The lowest BCUT2D eigenvalue weighted by Crippen LogP contribution is -2.35. The summed E-state index contributed by atoms with van der Waals surface area (Å²) in [5.74, 6) is 0.257. The van der Waals surface area contributed by atoms with E-state index in [1.807, 2.05) is 0 Å². The van der Waals surface area contributed by atoms with E-state index >= 15 is 0 Å². The summed E-state index contributed by atoms with van der Waals surface area (Å²) in [6.45, 7) is 5.49. The van der Waals surface area contributed by atoms with Crippen LogP contribution in [0.2, 0.25) is 0 Å². The van der Waals surface area contributed by atoms with E-state index in [2.05, 4.69) is 74.6 Å². The van der Waals surface area contributed by atoms with E-state index in [1.54, 1.807) is 0 Å². The van der Waals surface area contributed by atoms with Crippen LogP contribution in [0.1, 0.15) is 174 Å². The number of nitrogens with one attached hydrogen (secondary N) is 1. The Morgan fingerprint density at radius 1 is 0.561 bits per heavy atom. The van der Waals surface area contributed by atoms with Crippen LogP contribution in [0.25, 0.3) is 0 Å². The molecule has 0 fully saturated rings. The first-order valence-corrected chi connectivity index (χ1v) is 18.0. The van der Waals surface area contributed by atoms with Crippen LogP contribution in [0.15, 0.2) is 36.5 Å². The molecular weight excluding hydrogens is 500 g/mol. The van der Waals surface area contributed by atoms with Crippen LogP contribution in [0.4, 0.5) is 0 Å². The molecule has 1 amide bonds. The van der Waals surface area contributed by atoms with Crippen molar-refractivity contribution in [3.05, 3.63) is 36.5 Å². The number of hydrogen-bond donors (Lipinski definition) is 1. The minimum atomic E-state index is 0.257. The Labute approximate surface area is 258 Å². The lowest BCUT2D eigenvalue weighted by atomic mass is 9.99. The van der Waals surface area contributed by atoms with Crippen LogP contribution in [0, 0.1) is 0 Å². The Hall–Kier alpha value is -1.35. The maximum atomic E-state index is 12.6. The van der Waals surface area contributed by atoms with E-state index in [-0.39, 0.29) is 5.91 Å². The highest BCUT2D eigenvalue weighted by atomic mass is 16.1. The predicted molar refractivity (Wildman–Crippen MR) is 185 cm³/mol. The summed E-state index contributed by atoms with van der Waals surface area (Å²) in [6.07, 6.45) is 45.1. The van der Waals surface area contributed by atoms with Crippen LogP contribution in [0.3, 0.4) is 0 Å². The largest absolute Gasteiger partial charge is 0.353 e. The average molecular weight is 573 g/mol. The fourth-order valence-corrected chi connectivity index (χ4v) is 5.29. The molecule has 0 aliphatic rings. The number of unbranched alkanes of at least 4 members (excludes halogenated alkanes) is 16. The number of carbonyl (C=O) groups is 1. The van der Waals surface area contributed by atoms with Crippen LogP contribution >= 0.6 is 0 Å².